The monoisotopic (exact) mass is 314 g/mol. The Labute approximate surface area is 137 Å². The maximum Gasteiger partial charge on any atom is 0.123 e. The van der Waals surface area contributed by atoms with Crippen LogP contribution in [-0.4, -0.2) is 10.5 Å². The average molecular weight is 315 g/mol. The van der Waals surface area contributed by atoms with E-state index in [1.54, 1.807) is 0 Å². The van der Waals surface area contributed by atoms with Gasteiger partial charge in [-0.15, -0.1) is 11.6 Å². The van der Waals surface area contributed by atoms with E-state index in [1.807, 2.05) is 6.07 Å². The second-order valence-corrected chi connectivity index (χ2v) is 7.69. The van der Waals surface area contributed by atoms with E-state index >= 15 is 0 Å². The van der Waals surface area contributed by atoms with E-state index in [0.29, 0.717) is 17.6 Å². The van der Waals surface area contributed by atoms with E-state index in [4.69, 9.17) is 11.6 Å². The third-order valence-electron chi connectivity index (χ3n) is 5.83. The zero-order valence-electron chi connectivity index (χ0n) is 13.3. The summed E-state index contributed by atoms with van der Waals surface area (Å²) in [7, 11) is 0. The minimum Gasteiger partial charge on any atom is -0.507 e. The Hall–Kier alpha value is -1.21. The maximum absolute atomic E-state index is 10.6. The second kappa shape index (κ2) is 5.16. The molecule has 1 nitrogen and oxygen atoms in total. The number of fused-ring (bicyclic) bond motifs is 5. The Bertz CT molecular complexity index is 747. The van der Waals surface area contributed by atoms with Gasteiger partial charge in [-0.05, 0) is 78.7 Å². The number of aromatic hydroxyl groups is 1. The van der Waals surface area contributed by atoms with Crippen molar-refractivity contribution in [1.82, 2.24) is 0 Å². The first kappa shape index (κ1) is 14.4. The lowest BCUT2D eigenvalue weighted by Gasteiger charge is -2.19. The van der Waals surface area contributed by atoms with Gasteiger partial charge in [-0.2, -0.15) is 0 Å². The minimum absolute atomic E-state index is 0.139. The summed E-state index contributed by atoms with van der Waals surface area (Å²) < 4.78 is 0. The van der Waals surface area contributed by atoms with E-state index in [2.05, 4.69) is 26.0 Å². The summed E-state index contributed by atoms with van der Waals surface area (Å²) in [6.07, 6.45) is 5.79. The molecule has 2 aliphatic rings. The van der Waals surface area contributed by atoms with Gasteiger partial charge in [-0.3, -0.25) is 0 Å². The lowest BCUT2D eigenvalue weighted by atomic mass is 9.88. The van der Waals surface area contributed by atoms with Crippen molar-refractivity contribution in [3.05, 3.63) is 40.5 Å². The fourth-order valence-corrected chi connectivity index (χ4v) is 4.96. The Morgan fingerprint density at radius 2 is 2.14 bits per heavy atom. The smallest absolute Gasteiger partial charge is 0.123 e. The van der Waals surface area contributed by atoms with Crippen molar-refractivity contribution in [1.29, 1.82) is 0 Å². The Kier molecular flexibility index (Phi) is 3.38. The van der Waals surface area contributed by atoms with Gasteiger partial charge >= 0.3 is 0 Å². The van der Waals surface area contributed by atoms with Crippen LogP contribution in [0.3, 0.4) is 0 Å². The highest BCUT2D eigenvalue weighted by atomic mass is 35.5. The van der Waals surface area contributed by atoms with Crippen molar-refractivity contribution in [2.75, 3.05) is 0 Å². The zero-order valence-corrected chi connectivity index (χ0v) is 14.1. The van der Waals surface area contributed by atoms with Gasteiger partial charge in [-0.1, -0.05) is 19.1 Å². The van der Waals surface area contributed by atoms with Gasteiger partial charge in [0.25, 0.3) is 0 Å². The summed E-state index contributed by atoms with van der Waals surface area (Å²) in [5, 5.41) is 13.1. The van der Waals surface area contributed by atoms with Crippen molar-refractivity contribution in [2.24, 2.45) is 0 Å². The number of rotatable bonds is 2. The SMILES string of the molecule is CCC1CC(C(C)Cl)c2c1cc(O)c1ccc3c(c21)CCC3. The number of hydrogen-bond acceptors (Lipinski definition) is 1. The highest BCUT2D eigenvalue weighted by molar-refractivity contribution is 6.21. The van der Waals surface area contributed by atoms with Crippen LogP contribution >= 0.6 is 11.6 Å². The lowest BCUT2D eigenvalue weighted by molar-refractivity contribution is 0.480. The van der Waals surface area contributed by atoms with Crippen molar-refractivity contribution in [3.8, 4) is 5.75 Å². The predicted octanol–water partition coefficient (Wildman–Crippen LogP) is 5.64. The van der Waals surface area contributed by atoms with E-state index in [0.717, 1.165) is 24.6 Å². The summed E-state index contributed by atoms with van der Waals surface area (Å²) in [6, 6.07) is 6.35. The predicted molar refractivity (Wildman–Crippen MR) is 93.3 cm³/mol. The van der Waals surface area contributed by atoms with E-state index in [1.165, 1.54) is 40.5 Å². The van der Waals surface area contributed by atoms with Gasteiger partial charge in [0.15, 0.2) is 0 Å². The van der Waals surface area contributed by atoms with Gasteiger partial charge in [-0.25, -0.2) is 0 Å². The number of alkyl halides is 1. The molecule has 0 spiro atoms. The zero-order chi connectivity index (χ0) is 15.4. The number of phenolic OH excluding ortho intramolecular Hbond substituents is 1. The van der Waals surface area contributed by atoms with Crippen molar-refractivity contribution in [2.45, 2.75) is 63.2 Å². The summed E-state index contributed by atoms with van der Waals surface area (Å²) in [5.41, 5.74) is 5.75. The van der Waals surface area contributed by atoms with Gasteiger partial charge in [0, 0.05) is 16.7 Å². The van der Waals surface area contributed by atoms with Crippen LogP contribution in [0.15, 0.2) is 18.2 Å². The van der Waals surface area contributed by atoms with Gasteiger partial charge < -0.3 is 5.11 Å². The molecule has 2 heteroatoms. The van der Waals surface area contributed by atoms with E-state index in [9.17, 15) is 5.11 Å². The first-order valence-corrected chi connectivity index (χ1v) is 8.99. The molecule has 2 aliphatic carbocycles. The number of aryl methyl sites for hydroxylation is 2. The van der Waals surface area contributed by atoms with Crippen LogP contribution in [0.2, 0.25) is 0 Å². The molecule has 4 rings (SSSR count). The second-order valence-electron chi connectivity index (χ2n) is 7.00. The molecule has 0 fully saturated rings. The molecule has 0 aliphatic heterocycles. The number of phenols is 1. The molecule has 0 amide bonds. The topological polar surface area (TPSA) is 20.2 Å². The van der Waals surface area contributed by atoms with Crippen molar-refractivity contribution >= 4 is 22.4 Å². The van der Waals surface area contributed by atoms with Crippen LogP contribution in [0.1, 0.15) is 67.2 Å². The highest BCUT2D eigenvalue weighted by Crippen LogP contribution is 2.52. The number of halogens is 1. The van der Waals surface area contributed by atoms with Crippen LogP contribution < -0.4 is 0 Å². The molecule has 2 aromatic rings. The molecule has 0 bridgehead atoms. The highest BCUT2D eigenvalue weighted by Gasteiger charge is 2.36. The van der Waals surface area contributed by atoms with Crippen molar-refractivity contribution in [3.63, 3.8) is 0 Å². The largest absolute Gasteiger partial charge is 0.507 e. The van der Waals surface area contributed by atoms with Crippen molar-refractivity contribution < 1.29 is 5.11 Å². The number of benzene rings is 2. The molecule has 0 aromatic heterocycles. The van der Waals surface area contributed by atoms with Crippen LogP contribution in [0.25, 0.3) is 10.8 Å². The molecule has 3 unspecified atom stereocenters. The molecule has 0 saturated heterocycles. The molecule has 3 atom stereocenters. The van der Waals surface area contributed by atoms with E-state index in [-0.39, 0.29) is 5.38 Å². The molecule has 22 heavy (non-hydrogen) atoms. The van der Waals surface area contributed by atoms with Crippen LogP contribution in [-0.2, 0) is 12.8 Å². The molecular formula is C20H23ClO. The quantitative estimate of drug-likeness (QED) is 0.711. The summed E-state index contributed by atoms with van der Waals surface area (Å²) in [6.45, 7) is 4.36. The lowest BCUT2D eigenvalue weighted by Crippen LogP contribution is -2.07. The minimum atomic E-state index is 0.139. The molecule has 116 valence electrons. The molecule has 1 N–H and O–H groups in total. The van der Waals surface area contributed by atoms with Crippen LogP contribution in [0, 0.1) is 0 Å². The molecule has 0 saturated carbocycles. The Morgan fingerprint density at radius 3 is 2.86 bits per heavy atom. The van der Waals surface area contributed by atoms with Crippen LogP contribution in [0.4, 0.5) is 0 Å². The average Bonchev–Trinajstić information content (AvgIpc) is 3.10. The van der Waals surface area contributed by atoms with Gasteiger partial charge in [0.05, 0.1) is 0 Å². The number of hydrogen-bond donors (Lipinski definition) is 1. The molecule has 2 aromatic carbocycles. The summed E-state index contributed by atoms with van der Waals surface area (Å²) in [5.74, 6) is 1.40. The fraction of sp³-hybridized carbons (Fsp3) is 0.500. The Morgan fingerprint density at radius 1 is 1.32 bits per heavy atom. The standard InChI is InChI=1S/C20H23ClO/c1-3-12-9-16(11(2)21)20-17(12)10-18(22)15-8-7-13-5-4-6-14(13)19(15)20/h7-8,10-12,16,22H,3-6,9H2,1-2H3. The normalized spacial score (nSPS) is 24.5. The summed E-state index contributed by atoms with van der Waals surface area (Å²) in [4.78, 5) is 0. The third-order valence-corrected chi connectivity index (χ3v) is 6.13. The fourth-order valence-electron chi connectivity index (χ4n) is 4.73. The van der Waals surface area contributed by atoms with E-state index < -0.39 is 0 Å². The third kappa shape index (κ3) is 1.91. The molecular weight excluding hydrogens is 292 g/mol. The summed E-state index contributed by atoms with van der Waals surface area (Å²) >= 11 is 6.56. The first-order chi connectivity index (χ1) is 10.6. The maximum atomic E-state index is 10.6. The first-order valence-electron chi connectivity index (χ1n) is 8.56. The van der Waals surface area contributed by atoms with Gasteiger partial charge in [0.2, 0.25) is 0 Å². The molecule has 0 radical (unpaired) electrons. The molecule has 0 heterocycles. The van der Waals surface area contributed by atoms with Crippen LogP contribution in [0.5, 0.6) is 5.75 Å². The Balaban J connectivity index is 2.09. The van der Waals surface area contributed by atoms with Gasteiger partial charge in [0.1, 0.15) is 5.75 Å².